The summed E-state index contributed by atoms with van der Waals surface area (Å²) in [6, 6.07) is 22.7. The molecule has 3 heterocycles. The molecule has 56 heavy (non-hydrogen) atoms. The molecule has 4 unspecified atom stereocenters. The maximum absolute atomic E-state index is 15.4. The summed E-state index contributed by atoms with van der Waals surface area (Å²) in [6.07, 6.45) is 5.43. The number of methoxy groups -OCH3 is 3. The molecule has 1 aliphatic carbocycles. The lowest BCUT2D eigenvalue weighted by atomic mass is 9.54. The van der Waals surface area contributed by atoms with Crippen molar-refractivity contribution in [3.8, 4) is 28.7 Å². The molecular formula is C41H35Cl2N5O8. The molecule has 3 aliphatic rings. The molecule has 286 valence electrons. The van der Waals surface area contributed by atoms with E-state index in [-0.39, 0.29) is 40.9 Å². The van der Waals surface area contributed by atoms with E-state index in [4.69, 9.17) is 37.4 Å². The van der Waals surface area contributed by atoms with Crippen LogP contribution in [0.2, 0.25) is 10.0 Å². The molecule has 0 spiro atoms. The van der Waals surface area contributed by atoms with Crippen LogP contribution in [0.4, 0.5) is 5.69 Å². The van der Waals surface area contributed by atoms with E-state index in [0.717, 1.165) is 9.58 Å². The van der Waals surface area contributed by atoms with Gasteiger partial charge >= 0.3 is 11.4 Å². The number of rotatable bonds is 9. The number of hydrazine groups is 1. The number of hydrogen-bond donors (Lipinski definition) is 2. The Bertz CT molecular complexity index is 2550. The number of halogens is 2. The fourth-order valence-corrected chi connectivity index (χ4v) is 8.82. The number of carbonyl (C=O) groups excluding carboxylic acids is 2. The quantitative estimate of drug-likeness (QED) is 0.136. The number of nitrogens with one attached hydrogen (secondary N) is 1. The van der Waals surface area contributed by atoms with Crippen LogP contribution in [0.5, 0.6) is 23.0 Å². The van der Waals surface area contributed by atoms with Crippen LogP contribution in [0.25, 0.3) is 11.8 Å². The van der Waals surface area contributed by atoms with Gasteiger partial charge in [0.1, 0.15) is 5.75 Å². The molecule has 15 heteroatoms. The number of fused-ring (bicyclic) bond motifs is 4. The van der Waals surface area contributed by atoms with Gasteiger partial charge in [-0.05, 0) is 77.7 Å². The Morgan fingerprint density at radius 3 is 2.20 bits per heavy atom. The number of hydrogen-bond acceptors (Lipinski definition) is 9. The lowest BCUT2D eigenvalue weighted by Crippen LogP contribution is -2.54. The maximum atomic E-state index is 15.4. The van der Waals surface area contributed by atoms with Crippen LogP contribution in [0.15, 0.2) is 112 Å². The average Bonchev–Trinajstić information content (AvgIpc) is 3.59. The highest BCUT2D eigenvalue weighted by Crippen LogP contribution is 2.59. The summed E-state index contributed by atoms with van der Waals surface area (Å²) in [7, 11) is 4.37. The third-order valence-corrected chi connectivity index (χ3v) is 11.4. The second kappa shape index (κ2) is 14.2. The molecule has 2 fully saturated rings. The Hall–Kier alpha value is -6.18. The number of aromatic nitrogens is 3. The Kier molecular flexibility index (Phi) is 9.29. The third kappa shape index (κ3) is 5.60. The summed E-state index contributed by atoms with van der Waals surface area (Å²) in [5, 5.41) is 12.2. The highest BCUT2D eigenvalue weighted by atomic mass is 35.5. The number of amides is 2. The van der Waals surface area contributed by atoms with Crippen molar-refractivity contribution in [2.24, 2.45) is 11.8 Å². The standard InChI is InChI=1S/C41H35Cl2N5O8/c1-54-27-13-10-24(11-14-27)41-29(15-9-23-19-34(55-2)36(49)35(20-23)56-3)28-17-18-45-39(52)46(26-7-5-4-6-8-26)40(53)48(45)33(28)22-30(41)37(50)47(38(41)51)44-32-16-12-25(42)21-31(32)43/h4-17,19-21,29-30,33,44,49H,18,22H2,1-3H3. The van der Waals surface area contributed by atoms with Gasteiger partial charge in [-0.1, -0.05) is 71.8 Å². The molecular weight excluding hydrogens is 761 g/mol. The first-order chi connectivity index (χ1) is 27.0. The third-order valence-electron chi connectivity index (χ3n) is 10.9. The lowest BCUT2D eigenvalue weighted by molar-refractivity contribution is -0.138. The summed E-state index contributed by atoms with van der Waals surface area (Å²) < 4.78 is 20.2. The van der Waals surface area contributed by atoms with Crippen LogP contribution in [0, 0.1) is 11.8 Å². The summed E-state index contributed by atoms with van der Waals surface area (Å²) in [5.41, 5.74) is 2.70. The van der Waals surface area contributed by atoms with Gasteiger partial charge in [-0.15, -0.1) is 0 Å². The predicted octanol–water partition coefficient (Wildman–Crippen LogP) is 6.00. The topological polar surface area (TPSA) is 146 Å². The van der Waals surface area contributed by atoms with E-state index >= 15 is 4.79 Å². The monoisotopic (exact) mass is 795 g/mol. The van der Waals surface area contributed by atoms with Gasteiger partial charge in [0.25, 0.3) is 11.8 Å². The van der Waals surface area contributed by atoms with Gasteiger partial charge < -0.3 is 19.3 Å². The van der Waals surface area contributed by atoms with E-state index in [9.17, 15) is 19.5 Å². The zero-order chi connectivity index (χ0) is 39.5. The molecule has 2 amide bonds. The van der Waals surface area contributed by atoms with Crippen molar-refractivity contribution < 1.29 is 28.9 Å². The smallest absolute Gasteiger partial charge is 0.352 e. The van der Waals surface area contributed by atoms with Crippen LogP contribution >= 0.6 is 23.2 Å². The summed E-state index contributed by atoms with van der Waals surface area (Å²) in [5.74, 6) is -2.38. The highest BCUT2D eigenvalue weighted by Gasteiger charge is 2.68. The molecule has 0 bridgehead atoms. The molecule has 4 atom stereocenters. The predicted molar refractivity (Wildman–Crippen MR) is 210 cm³/mol. The van der Waals surface area contributed by atoms with Gasteiger partial charge in [0.2, 0.25) is 5.75 Å². The van der Waals surface area contributed by atoms with E-state index in [1.807, 2.05) is 12.2 Å². The lowest BCUT2D eigenvalue weighted by Gasteiger charge is -2.47. The van der Waals surface area contributed by atoms with Gasteiger partial charge in [-0.2, -0.15) is 5.01 Å². The Labute approximate surface area is 330 Å². The largest absolute Gasteiger partial charge is 0.502 e. The molecule has 2 aliphatic heterocycles. The first-order valence-corrected chi connectivity index (χ1v) is 18.4. The summed E-state index contributed by atoms with van der Waals surface area (Å²) >= 11 is 12.7. The Balaban J connectivity index is 1.36. The second-order valence-corrected chi connectivity index (χ2v) is 14.4. The normalized spacial score (nSPS) is 21.3. The minimum absolute atomic E-state index is 0.00168. The van der Waals surface area contributed by atoms with E-state index in [1.54, 1.807) is 84.9 Å². The van der Waals surface area contributed by atoms with Gasteiger partial charge in [0.15, 0.2) is 11.5 Å². The fraction of sp³-hybridized carbons (Fsp3) is 0.220. The van der Waals surface area contributed by atoms with Gasteiger partial charge in [0, 0.05) is 10.9 Å². The number of benzene rings is 4. The van der Waals surface area contributed by atoms with Crippen LogP contribution in [0.1, 0.15) is 23.6 Å². The Morgan fingerprint density at radius 1 is 0.857 bits per heavy atom. The van der Waals surface area contributed by atoms with Crippen LogP contribution in [0.3, 0.4) is 0 Å². The number of imide groups is 1. The second-order valence-electron chi connectivity index (χ2n) is 13.6. The van der Waals surface area contributed by atoms with E-state index in [2.05, 4.69) is 5.43 Å². The van der Waals surface area contributed by atoms with Crippen molar-refractivity contribution in [3.63, 3.8) is 0 Å². The molecule has 13 nitrogen and oxygen atoms in total. The number of allylic oxidation sites excluding steroid dienone is 3. The minimum Gasteiger partial charge on any atom is -0.502 e. The highest BCUT2D eigenvalue weighted by molar-refractivity contribution is 6.36. The first kappa shape index (κ1) is 36.8. The maximum Gasteiger partial charge on any atom is 0.352 e. The number of phenolic OH excluding ortho intramolecular Hbond substituents is 1. The van der Waals surface area contributed by atoms with Crippen molar-refractivity contribution >= 4 is 46.8 Å². The van der Waals surface area contributed by atoms with Crippen LogP contribution in [-0.2, 0) is 21.5 Å². The van der Waals surface area contributed by atoms with Crippen molar-refractivity contribution in [2.75, 3.05) is 26.8 Å². The van der Waals surface area contributed by atoms with Crippen LogP contribution < -0.4 is 31.0 Å². The van der Waals surface area contributed by atoms with E-state index < -0.39 is 46.5 Å². The molecule has 8 rings (SSSR count). The molecule has 1 aromatic heterocycles. The molecule has 0 radical (unpaired) electrons. The van der Waals surface area contributed by atoms with Crippen molar-refractivity contribution in [3.05, 3.63) is 145 Å². The molecule has 2 N–H and O–H groups in total. The van der Waals surface area contributed by atoms with E-state index in [0.29, 0.717) is 33.2 Å². The number of para-hydroxylation sites is 1. The molecule has 1 saturated carbocycles. The fourth-order valence-electron chi connectivity index (χ4n) is 8.37. The van der Waals surface area contributed by atoms with Crippen LogP contribution in [-0.4, -0.2) is 57.2 Å². The SMILES string of the molecule is COc1ccc(C23C(=O)N(Nc4ccc(Cl)cc4Cl)C(=O)C2CC2C(=CCn4c(=O)n(-c5ccccc5)c(=O)n42)C3C=Cc2cc(OC)c(O)c(OC)c2)cc1. The number of phenols is 1. The summed E-state index contributed by atoms with van der Waals surface area (Å²) in [6.45, 7) is 0.0266. The number of nitrogens with zero attached hydrogens (tertiary/aromatic N) is 4. The zero-order valence-electron chi connectivity index (χ0n) is 30.3. The number of ether oxygens (including phenoxy) is 3. The zero-order valence-corrected chi connectivity index (χ0v) is 31.8. The van der Waals surface area contributed by atoms with Crippen molar-refractivity contribution in [1.29, 1.82) is 0 Å². The minimum atomic E-state index is -1.58. The van der Waals surface area contributed by atoms with E-state index in [1.165, 1.54) is 36.8 Å². The van der Waals surface area contributed by atoms with Gasteiger partial charge in [-0.3, -0.25) is 15.0 Å². The van der Waals surface area contributed by atoms with Gasteiger partial charge in [-0.25, -0.2) is 23.5 Å². The summed E-state index contributed by atoms with van der Waals surface area (Å²) in [4.78, 5) is 58.6. The number of carbonyl (C=O) groups is 2. The van der Waals surface area contributed by atoms with Crippen molar-refractivity contribution in [2.45, 2.75) is 24.4 Å². The van der Waals surface area contributed by atoms with Gasteiger partial charge in [0.05, 0.1) is 61.6 Å². The molecule has 1 saturated heterocycles. The molecule has 5 aromatic rings. The number of aromatic hydroxyl groups is 1. The molecule has 4 aromatic carbocycles. The first-order valence-electron chi connectivity index (χ1n) is 17.6. The van der Waals surface area contributed by atoms with Crippen molar-refractivity contribution in [1.82, 2.24) is 18.9 Å². The number of anilines is 1. The average molecular weight is 797 g/mol. The Morgan fingerprint density at radius 2 is 1.55 bits per heavy atom.